The normalized spacial score (nSPS) is 13.9. The maximum atomic E-state index is 12.3. The molecular weight excluding hydrogens is 280 g/mol. The fourth-order valence-corrected chi connectivity index (χ4v) is 3.99. The zero-order valence-corrected chi connectivity index (χ0v) is 16.8. The van der Waals surface area contributed by atoms with E-state index in [0.717, 1.165) is 26.2 Å². The number of carbonyl (C=O) groups excluding carboxylic acids is 1. The van der Waals surface area contributed by atoms with Crippen molar-refractivity contribution in [2.24, 2.45) is 4.99 Å². The minimum absolute atomic E-state index is 0.446. The van der Waals surface area contributed by atoms with Gasteiger partial charge in [0.2, 0.25) is 0 Å². The Hall–Kier alpha value is -0.266. The molecular formula is C15H34N2OSi2. The number of aliphatic imine (C=N–C) groups is 1. The molecule has 0 aliphatic heterocycles. The number of hydrogen-bond donors (Lipinski definition) is 0. The van der Waals surface area contributed by atoms with Gasteiger partial charge in [-0.25, -0.2) is 0 Å². The molecule has 0 saturated heterocycles. The van der Waals surface area contributed by atoms with Gasteiger partial charge >= 0.3 is 0 Å². The largest absolute Gasteiger partial charge is 0.305 e. The van der Waals surface area contributed by atoms with Crippen LogP contribution in [0.1, 0.15) is 20.3 Å². The maximum absolute atomic E-state index is 12.3. The van der Waals surface area contributed by atoms with Crippen LogP contribution in [0.4, 0.5) is 0 Å². The standard InChI is InChI=1S/C15H34N2OSi2/c1-9-17(10-2)12-11-16-14(19(3,4)5)13-15(18)20(6,7)8/h9-13H2,1-8H3. The summed E-state index contributed by atoms with van der Waals surface area (Å²) in [4.78, 5) is 19.5. The number of carbonyl (C=O) groups is 1. The molecule has 20 heavy (non-hydrogen) atoms. The van der Waals surface area contributed by atoms with Crippen molar-refractivity contribution in [3.05, 3.63) is 0 Å². The van der Waals surface area contributed by atoms with Gasteiger partial charge in [-0.2, -0.15) is 0 Å². The highest BCUT2D eigenvalue weighted by Crippen LogP contribution is 2.13. The van der Waals surface area contributed by atoms with Gasteiger partial charge in [-0.1, -0.05) is 53.1 Å². The Kier molecular flexibility index (Phi) is 8.13. The fourth-order valence-electron chi connectivity index (χ4n) is 1.84. The van der Waals surface area contributed by atoms with Gasteiger partial charge < -0.3 is 9.69 Å². The molecule has 5 heteroatoms. The number of rotatable bonds is 9. The second kappa shape index (κ2) is 8.24. The molecule has 0 aromatic carbocycles. The third-order valence-corrected chi connectivity index (χ3v) is 7.56. The summed E-state index contributed by atoms with van der Waals surface area (Å²) in [6.45, 7) is 21.6. The van der Waals surface area contributed by atoms with E-state index in [4.69, 9.17) is 4.99 Å². The van der Waals surface area contributed by atoms with Crippen molar-refractivity contribution in [1.29, 1.82) is 0 Å². The van der Waals surface area contributed by atoms with Gasteiger partial charge in [0, 0.05) is 18.3 Å². The van der Waals surface area contributed by atoms with Gasteiger partial charge in [0.05, 0.1) is 14.6 Å². The highest BCUT2D eigenvalue weighted by Gasteiger charge is 2.30. The SMILES string of the molecule is CCN(CC)CCN=C(CC(=O)[Si](C)(C)C)[Si](C)(C)C. The second-order valence-electron chi connectivity index (χ2n) is 7.46. The molecule has 0 N–H and O–H groups in total. The van der Waals surface area contributed by atoms with Crippen molar-refractivity contribution in [2.75, 3.05) is 26.2 Å². The molecule has 0 saturated carbocycles. The minimum Gasteiger partial charge on any atom is -0.305 e. The number of likely N-dealkylation sites (N-methyl/N-ethyl adjacent to an activating group) is 1. The van der Waals surface area contributed by atoms with Crippen LogP contribution in [-0.4, -0.2) is 58.0 Å². The first-order valence-corrected chi connectivity index (χ1v) is 14.8. The average molecular weight is 315 g/mol. The van der Waals surface area contributed by atoms with Crippen molar-refractivity contribution in [3.8, 4) is 0 Å². The zero-order valence-electron chi connectivity index (χ0n) is 14.8. The Morgan fingerprint density at radius 3 is 1.80 bits per heavy atom. The summed E-state index contributed by atoms with van der Waals surface area (Å²) >= 11 is 0. The van der Waals surface area contributed by atoms with Crippen LogP contribution in [0.2, 0.25) is 39.3 Å². The molecule has 0 rings (SSSR count). The highest BCUT2D eigenvalue weighted by atomic mass is 28.3. The molecule has 0 heterocycles. The monoisotopic (exact) mass is 314 g/mol. The molecule has 0 aliphatic carbocycles. The third kappa shape index (κ3) is 7.50. The van der Waals surface area contributed by atoms with Crippen molar-refractivity contribution >= 4 is 26.9 Å². The summed E-state index contributed by atoms with van der Waals surface area (Å²) in [6.07, 6.45) is 0.601. The van der Waals surface area contributed by atoms with Crippen LogP contribution in [0.3, 0.4) is 0 Å². The molecule has 0 aliphatic rings. The summed E-state index contributed by atoms with van der Waals surface area (Å²) in [5.74, 6) is 0. The van der Waals surface area contributed by atoms with Gasteiger partial charge in [0.1, 0.15) is 13.5 Å². The first-order chi connectivity index (χ1) is 9.02. The van der Waals surface area contributed by atoms with Crippen LogP contribution in [0, 0.1) is 0 Å². The van der Waals surface area contributed by atoms with Crippen LogP contribution in [0.15, 0.2) is 4.99 Å². The quantitative estimate of drug-likeness (QED) is 0.482. The molecule has 0 unspecified atom stereocenters. The van der Waals surface area contributed by atoms with Gasteiger partial charge in [0.15, 0.2) is 0 Å². The summed E-state index contributed by atoms with van der Waals surface area (Å²) in [5.41, 5.74) is 0. The Morgan fingerprint density at radius 2 is 1.45 bits per heavy atom. The molecule has 118 valence electrons. The van der Waals surface area contributed by atoms with E-state index < -0.39 is 16.1 Å². The Balaban J connectivity index is 4.79. The molecule has 0 radical (unpaired) electrons. The van der Waals surface area contributed by atoms with Crippen LogP contribution >= 0.6 is 0 Å². The van der Waals surface area contributed by atoms with Gasteiger partial charge in [0.25, 0.3) is 0 Å². The second-order valence-corrected chi connectivity index (χ2v) is 17.6. The smallest absolute Gasteiger partial charge is 0.124 e. The summed E-state index contributed by atoms with van der Waals surface area (Å²) in [6, 6.07) is 0. The molecule has 0 aromatic heterocycles. The van der Waals surface area contributed by atoms with E-state index in [-0.39, 0.29) is 0 Å². The maximum Gasteiger partial charge on any atom is 0.124 e. The first kappa shape index (κ1) is 19.7. The van der Waals surface area contributed by atoms with E-state index in [1.807, 2.05) is 0 Å². The lowest BCUT2D eigenvalue weighted by atomic mass is 10.4. The molecule has 0 bridgehead atoms. The first-order valence-electron chi connectivity index (χ1n) is 7.81. The van der Waals surface area contributed by atoms with Crippen molar-refractivity contribution in [3.63, 3.8) is 0 Å². The average Bonchev–Trinajstić information content (AvgIpc) is 2.30. The predicted octanol–water partition coefficient (Wildman–Crippen LogP) is 3.48. The lowest BCUT2D eigenvalue weighted by Crippen LogP contribution is -2.42. The van der Waals surface area contributed by atoms with E-state index in [9.17, 15) is 4.79 Å². The van der Waals surface area contributed by atoms with Gasteiger partial charge in [-0.3, -0.25) is 4.99 Å². The molecule has 3 nitrogen and oxygen atoms in total. The van der Waals surface area contributed by atoms with Crippen LogP contribution in [0.5, 0.6) is 0 Å². The fraction of sp³-hybridized carbons (Fsp3) is 0.867. The zero-order chi connectivity index (χ0) is 16.0. The molecule has 0 amide bonds. The van der Waals surface area contributed by atoms with Crippen molar-refractivity contribution in [1.82, 2.24) is 4.90 Å². The van der Waals surface area contributed by atoms with Crippen LogP contribution in [-0.2, 0) is 4.79 Å². The molecule has 0 fully saturated rings. The predicted molar refractivity (Wildman–Crippen MR) is 96.4 cm³/mol. The van der Waals surface area contributed by atoms with E-state index in [0.29, 0.717) is 11.8 Å². The summed E-state index contributed by atoms with van der Waals surface area (Å²) in [5, 5.41) is 1.65. The van der Waals surface area contributed by atoms with E-state index in [2.05, 4.69) is 58.0 Å². The van der Waals surface area contributed by atoms with Gasteiger partial charge in [-0.05, 0) is 13.1 Å². The Labute approximate surface area is 127 Å². The molecule has 0 spiro atoms. The Morgan fingerprint density at radius 1 is 0.950 bits per heavy atom. The lowest BCUT2D eigenvalue weighted by molar-refractivity contribution is -0.111. The van der Waals surface area contributed by atoms with E-state index in [1.165, 1.54) is 5.33 Å². The van der Waals surface area contributed by atoms with Crippen LogP contribution in [0.25, 0.3) is 0 Å². The van der Waals surface area contributed by atoms with Crippen LogP contribution < -0.4 is 0 Å². The number of nitrogens with zero attached hydrogens (tertiary/aromatic N) is 2. The Bertz CT molecular complexity index is 337. The topological polar surface area (TPSA) is 32.7 Å². The number of hydrogen-bond acceptors (Lipinski definition) is 3. The highest BCUT2D eigenvalue weighted by molar-refractivity contribution is 7.09. The van der Waals surface area contributed by atoms with Crippen molar-refractivity contribution in [2.45, 2.75) is 59.6 Å². The molecule has 0 aromatic rings. The van der Waals surface area contributed by atoms with Crippen molar-refractivity contribution < 1.29 is 4.79 Å². The van der Waals surface area contributed by atoms with E-state index >= 15 is 0 Å². The lowest BCUT2D eigenvalue weighted by Gasteiger charge is -2.23. The summed E-state index contributed by atoms with van der Waals surface area (Å²) in [7, 11) is -3.17. The third-order valence-electron chi connectivity index (χ3n) is 3.64. The van der Waals surface area contributed by atoms with Gasteiger partial charge in [-0.15, -0.1) is 0 Å². The van der Waals surface area contributed by atoms with E-state index in [1.54, 1.807) is 0 Å². The minimum atomic E-state index is -1.68. The summed E-state index contributed by atoms with van der Waals surface area (Å²) < 4.78 is 0. The molecule has 0 atom stereocenters.